The first-order chi connectivity index (χ1) is 17.6. The second-order valence-corrected chi connectivity index (χ2v) is 10.5. The van der Waals surface area contributed by atoms with Crippen molar-refractivity contribution in [2.45, 2.75) is 25.9 Å². The van der Waals surface area contributed by atoms with Gasteiger partial charge in [0.15, 0.2) is 11.6 Å². The lowest BCUT2D eigenvalue weighted by atomic mass is 10.1. The number of thiophene rings is 2. The second kappa shape index (κ2) is 9.45. The van der Waals surface area contributed by atoms with Crippen LogP contribution >= 0.6 is 22.7 Å². The molecule has 0 aliphatic carbocycles. The maximum absolute atomic E-state index is 12.6. The number of hydrazine groups is 1. The number of ether oxygens (including phenoxy) is 1. The second-order valence-electron chi connectivity index (χ2n) is 8.71. The summed E-state index contributed by atoms with van der Waals surface area (Å²) in [4.78, 5) is 36.3. The molecule has 3 aromatic heterocycles. The van der Waals surface area contributed by atoms with E-state index < -0.39 is 5.91 Å². The molecule has 2 N–H and O–H groups in total. The standard InChI is InChI=1S/C26H23N5O3S2/c1-15-13-21(32)31(26(15)33)30-24-22-19(14-36-25(22)29-23(28-24)20-3-2-12-35-20)16-4-6-17(7-5-16)34-18-8-10-27-11-9-18/h2-7,12-14,18,27H,8-11H2,1H3,(H,28,29,30). The lowest BCUT2D eigenvalue weighted by Gasteiger charge is -2.23. The third-order valence-electron chi connectivity index (χ3n) is 6.25. The van der Waals surface area contributed by atoms with Gasteiger partial charge in [0.1, 0.15) is 16.7 Å². The fraction of sp³-hybridized carbons (Fsp3) is 0.231. The van der Waals surface area contributed by atoms with E-state index >= 15 is 0 Å². The van der Waals surface area contributed by atoms with Gasteiger partial charge in [0.25, 0.3) is 11.8 Å². The summed E-state index contributed by atoms with van der Waals surface area (Å²) < 4.78 is 6.16. The molecule has 0 bridgehead atoms. The summed E-state index contributed by atoms with van der Waals surface area (Å²) in [6.45, 7) is 3.58. The third kappa shape index (κ3) is 4.27. The van der Waals surface area contributed by atoms with Crippen molar-refractivity contribution in [3.8, 4) is 27.6 Å². The number of piperidine rings is 1. The highest BCUT2D eigenvalue weighted by molar-refractivity contribution is 7.17. The fourth-order valence-electron chi connectivity index (χ4n) is 4.37. The topological polar surface area (TPSA) is 96.5 Å². The minimum atomic E-state index is -0.418. The van der Waals surface area contributed by atoms with Crippen molar-refractivity contribution in [3.05, 3.63) is 58.8 Å². The van der Waals surface area contributed by atoms with Crippen LogP contribution in [0.5, 0.6) is 5.75 Å². The number of carbonyl (C=O) groups is 2. The Morgan fingerprint density at radius 2 is 1.89 bits per heavy atom. The number of benzene rings is 1. The molecule has 0 saturated carbocycles. The Morgan fingerprint density at radius 1 is 1.08 bits per heavy atom. The lowest BCUT2D eigenvalue weighted by Crippen LogP contribution is -2.36. The molecule has 10 heteroatoms. The number of hydrogen-bond donors (Lipinski definition) is 2. The highest BCUT2D eigenvalue weighted by Gasteiger charge is 2.30. The smallest absolute Gasteiger partial charge is 0.275 e. The van der Waals surface area contributed by atoms with Crippen molar-refractivity contribution in [2.75, 3.05) is 18.5 Å². The molecular formula is C26H23N5O3S2. The molecule has 1 aromatic carbocycles. The summed E-state index contributed by atoms with van der Waals surface area (Å²) >= 11 is 3.03. The first-order valence-electron chi connectivity index (χ1n) is 11.7. The van der Waals surface area contributed by atoms with Crippen LogP contribution in [0.3, 0.4) is 0 Å². The number of aromatic nitrogens is 2. The molecule has 6 rings (SSSR count). The highest BCUT2D eigenvalue weighted by atomic mass is 32.1. The van der Waals surface area contributed by atoms with Gasteiger partial charge in [-0.2, -0.15) is 5.01 Å². The Hall–Kier alpha value is -3.60. The summed E-state index contributed by atoms with van der Waals surface area (Å²) in [5.74, 6) is 0.996. The van der Waals surface area contributed by atoms with E-state index in [4.69, 9.17) is 14.7 Å². The zero-order valence-electron chi connectivity index (χ0n) is 19.5. The fourth-order valence-corrected chi connectivity index (χ4v) is 5.97. The predicted molar refractivity (Wildman–Crippen MR) is 142 cm³/mol. The van der Waals surface area contributed by atoms with Crippen LogP contribution < -0.4 is 15.5 Å². The largest absolute Gasteiger partial charge is 0.490 e. The van der Waals surface area contributed by atoms with Gasteiger partial charge in [-0.1, -0.05) is 18.2 Å². The van der Waals surface area contributed by atoms with E-state index in [1.165, 1.54) is 28.7 Å². The molecule has 5 heterocycles. The van der Waals surface area contributed by atoms with Crippen molar-refractivity contribution in [2.24, 2.45) is 0 Å². The van der Waals surface area contributed by atoms with E-state index in [-0.39, 0.29) is 12.0 Å². The van der Waals surface area contributed by atoms with E-state index in [9.17, 15) is 9.59 Å². The summed E-state index contributed by atoms with van der Waals surface area (Å²) in [6.07, 6.45) is 3.55. The van der Waals surface area contributed by atoms with Gasteiger partial charge in [0, 0.05) is 22.6 Å². The minimum Gasteiger partial charge on any atom is -0.490 e. The van der Waals surface area contributed by atoms with Gasteiger partial charge in [-0.05, 0) is 62.0 Å². The van der Waals surface area contributed by atoms with Gasteiger partial charge in [-0.3, -0.25) is 15.0 Å². The zero-order chi connectivity index (χ0) is 24.6. The summed E-state index contributed by atoms with van der Waals surface area (Å²) in [7, 11) is 0. The Kier molecular flexibility index (Phi) is 6.00. The number of hydrogen-bond acceptors (Lipinski definition) is 9. The number of nitrogens with zero attached hydrogens (tertiary/aromatic N) is 3. The quantitative estimate of drug-likeness (QED) is 0.353. The van der Waals surface area contributed by atoms with Crippen LogP contribution in [0.4, 0.5) is 5.82 Å². The maximum atomic E-state index is 12.6. The van der Waals surface area contributed by atoms with Crippen LogP contribution in [-0.4, -0.2) is 46.0 Å². The van der Waals surface area contributed by atoms with E-state index in [0.717, 1.165) is 62.9 Å². The predicted octanol–water partition coefficient (Wildman–Crippen LogP) is 4.86. The molecule has 36 heavy (non-hydrogen) atoms. The summed E-state index contributed by atoms with van der Waals surface area (Å²) in [5, 5.41) is 9.11. The van der Waals surface area contributed by atoms with Gasteiger partial charge >= 0.3 is 0 Å². The molecule has 0 spiro atoms. The van der Waals surface area contributed by atoms with Crippen LogP contribution in [0.15, 0.2) is 58.8 Å². The molecule has 4 aromatic rings. The van der Waals surface area contributed by atoms with Crippen molar-refractivity contribution in [3.63, 3.8) is 0 Å². The van der Waals surface area contributed by atoms with Gasteiger partial charge in [0.2, 0.25) is 0 Å². The van der Waals surface area contributed by atoms with E-state index in [1.54, 1.807) is 6.92 Å². The Balaban J connectivity index is 1.38. The monoisotopic (exact) mass is 517 g/mol. The van der Waals surface area contributed by atoms with Crippen LogP contribution in [0.25, 0.3) is 32.0 Å². The van der Waals surface area contributed by atoms with E-state index in [0.29, 0.717) is 17.2 Å². The molecule has 2 amide bonds. The number of carbonyl (C=O) groups excluding carboxylic acids is 2. The number of anilines is 1. The number of amides is 2. The van der Waals surface area contributed by atoms with Crippen LogP contribution in [0, 0.1) is 0 Å². The summed E-state index contributed by atoms with van der Waals surface area (Å²) in [5.41, 5.74) is 5.27. The van der Waals surface area contributed by atoms with Crippen molar-refractivity contribution >= 4 is 50.5 Å². The van der Waals surface area contributed by atoms with Gasteiger partial charge in [-0.25, -0.2) is 9.97 Å². The molecule has 2 aliphatic rings. The third-order valence-corrected chi connectivity index (χ3v) is 7.99. The van der Waals surface area contributed by atoms with Crippen molar-refractivity contribution < 1.29 is 14.3 Å². The average Bonchev–Trinajstić information content (AvgIpc) is 3.62. The first-order valence-corrected chi connectivity index (χ1v) is 13.5. The molecular weight excluding hydrogens is 494 g/mol. The molecule has 1 fully saturated rings. The SMILES string of the molecule is CC1=CC(=O)N(Nc2nc(-c3cccs3)nc3scc(-c4ccc(OC5CCNCC5)cc4)c23)C1=O. The molecule has 0 atom stereocenters. The van der Waals surface area contributed by atoms with E-state index in [2.05, 4.69) is 10.7 Å². The van der Waals surface area contributed by atoms with Crippen molar-refractivity contribution in [1.29, 1.82) is 0 Å². The Bertz CT molecular complexity index is 1470. The Morgan fingerprint density at radius 3 is 2.58 bits per heavy atom. The molecule has 1 saturated heterocycles. The molecule has 0 unspecified atom stereocenters. The van der Waals surface area contributed by atoms with E-state index in [1.807, 2.05) is 47.2 Å². The average molecular weight is 518 g/mol. The molecule has 182 valence electrons. The number of fused-ring (bicyclic) bond motifs is 1. The lowest BCUT2D eigenvalue weighted by molar-refractivity contribution is -0.135. The Labute approximate surface area is 215 Å². The van der Waals surface area contributed by atoms with Gasteiger partial charge < -0.3 is 10.1 Å². The van der Waals surface area contributed by atoms with Crippen LogP contribution in [0.2, 0.25) is 0 Å². The van der Waals surface area contributed by atoms with Gasteiger partial charge in [-0.15, -0.1) is 22.7 Å². The molecule has 2 aliphatic heterocycles. The van der Waals surface area contributed by atoms with Gasteiger partial charge in [0.05, 0.1) is 10.3 Å². The van der Waals surface area contributed by atoms with Crippen molar-refractivity contribution in [1.82, 2.24) is 20.3 Å². The molecule has 8 nitrogen and oxygen atoms in total. The van der Waals surface area contributed by atoms with Crippen LogP contribution in [0.1, 0.15) is 19.8 Å². The zero-order valence-corrected chi connectivity index (χ0v) is 21.1. The number of nitrogens with one attached hydrogen (secondary N) is 2. The van der Waals surface area contributed by atoms with Crippen LogP contribution in [-0.2, 0) is 9.59 Å². The molecule has 0 radical (unpaired) electrons. The minimum absolute atomic E-state index is 0.228. The number of rotatable bonds is 6. The number of imide groups is 1. The first kappa shape index (κ1) is 22.8. The normalized spacial score (nSPS) is 16.6. The highest BCUT2D eigenvalue weighted by Crippen LogP contribution is 2.39. The maximum Gasteiger partial charge on any atom is 0.275 e. The summed E-state index contributed by atoms with van der Waals surface area (Å²) in [6, 6.07) is 11.9.